The predicted octanol–water partition coefficient (Wildman–Crippen LogP) is 4.97. The van der Waals surface area contributed by atoms with Crippen LogP contribution in [0.25, 0.3) is 0 Å². The molecule has 0 saturated carbocycles. The lowest BCUT2D eigenvalue weighted by Gasteiger charge is -2.11. The van der Waals surface area contributed by atoms with Gasteiger partial charge in [-0.3, -0.25) is 4.79 Å². The molecule has 0 aliphatic heterocycles. The summed E-state index contributed by atoms with van der Waals surface area (Å²) < 4.78 is 5.36. The number of halogens is 3. The Hall–Kier alpha value is -1.42. The molecule has 6 heteroatoms. The van der Waals surface area contributed by atoms with E-state index in [0.717, 1.165) is 5.56 Å². The molecule has 0 bridgehead atoms. The van der Waals surface area contributed by atoms with E-state index in [1.807, 2.05) is 6.92 Å². The molecule has 21 heavy (non-hydrogen) atoms. The van der Waals surface area contributed by atoms with E-state index in [2.05, 4.69) is 5.32 Å². The van der Waals surface area contributed by atoms with Crippen molar-refractivity contribution >= 4 is 46.4 Å². The molecule has 110 valence electrons. The largest absolute Gasteiger partial charge is 0.482 e. The molecule has 3 nitrogen and oxygen atoms in total. The normalized spacial score (nSPS) is 10.3. The molecular weight excluding hydrogens is 333 g/mol. The van der Waals surface area contributed by atoms with Crippen molar-refractivity contribution in [2.75, 3.05) is 11.9 Å². The van der Waals surface area contributed by atoms with Crippen LogP contribution in [0, 0.1) is 6.92 Å². The van der Waals surface area contributed by atoms with E-state index in [9.17, 15) is 4.79 Å². The average Bonchev–Trinajstić information content (AvgIpc) is 2.43. The Morgan fingerprint density at radius 3 is 2.48 bits per heavy atom. The zero-order valence-corrected chi connectivity index (χ0v) is 13.4. The van der Waals surface area contributed by atoms with Crippen LogP contribution in [-0.4, -0.2) is 12.5 Å². The third-order valence-corrected chi connectivity index (χ3v) is 3.50. The second kappa shape index (κ2) is 7.03. The summed E-state index contributed by atoms with van der Waals surface area (Å²) in [5.74, 6) is 0.0728. The number of rotatable bonds is 4. The van der Waals surface area contributed by atoms with Gasteiger partial charge in [-0.25, -0.2) is 0 Å². The highest BCUT2D eigenvalue weighted by Gasteiger charge is 2.08. The highest BCUT2D eigenvalue weighted by molar-refractivity contribution is 6.34. The first kappa shape index (κ1) is 16.0. The fraction of sp³-hybridized carbons (Fsp3) is 0.133. The summed E-state index contributed by atoms with van der Waals surface area (Å²) in [6.07, 6.45) is 0. The zero-order chi connectivity index (χ0) is 15.4. The van der Waals surface area contributed by atoms with Gasteiger partial charge in [0.05, 0.1) is 5.02 Å². The summed E-state index contributed by atoms with van der Waals surface area (Å²) in [7, 11) is 0. The van der Waals surface area contributed by atoms with Crippen LogP contribution in [-0.2, 0) is 4.79 Å². The Kier molecular flexibility index (Phi) is 5.34. The quantitative estimate of drug-likeness (QED) is 0.850. The van der Waals surface area contributed by atoms with Crippen molar-refractivity contribution in [3.63, 3.8) is 0 Å². The van der Waals surface area contributed by atoms with E-state index in [-0.39, 0.29) is 12.5 Å². The minimum Gasteiger partial charge on any atom is -0.482 e. The van der Waals surface area contributed by atoms with E-state index in [4.69, 9.17) is 39.5 Å². The average molecular weight is 345 g/mol. The van der Waals surface area contributed by atoms with Crippen LogP contribution < -0.4 is 10.1 Å². The maximum absolute atomic E-state index is 11.9. The molecule has 0 fully saturated rings. The number of carbonyl (C=O) groups is 1. The second-order valence-corrected chi connectivity index (χ2v) is 5.65. The van der Waals surface area contributed by atoms with Crippen molar-refractivity contribution < 1.29 is 9.53 Å². The predicted molar refractivity (Wildman–Crippen MR) is 86.8 cm³/mol. The van der Waals surface area contributed by atoms with E-state index >= 15 is 0 Å². The van der Waals surface area contributed by atoms with Gasteiger partial charge in [0, 0.05) is 21.8 Å². The molecule has 0 aromatic heterocycles. The molecule has 0 aliphatic rings. The van der Waals surface area contributed by atoms with E-state index in [1.165, 1.54) is 0 Å². The van der Waals surface area contributed by atoms with Crippen molar-refractivity contribution in [3.8, 4) is 5.75 Å². The van der Waals surface area contributed by atoms with Crippen LogP contribution in [0.2, 0.25) is 15.1 Å². The number of aryl methyl sites for hydroxylation is 1. The van der Waals surface area contributed by atoms with Gasteiger partial charge in [-0.2, -0.15) is 0 Å². The number of amides is 1. The van der Waals surface area contributed by atoms with E-state index in [0.29, 0.717) is 26.5 Å². The van der Waals surface area contributed by atoms with Gasteiger partial charge in [0.15, 0.2) is 6.61 Å². The smallest absolute Gasteiger partial charge is 0.262 e. The van der Waals surface area contributed by atoms with Gasteiger partial charge in [0.2, 0.25) is 0 Å². The second-order valence-electron chi connectivity index (χ2n) is 4.37. The first-order valence-electron chi connectivity index (χ1n) is 6.09. The van der Waals surface area contributed by atoms with Gasteiger partial charge < -0.3 is 10.1 Å². The standard InChI is InChI=1S/C15H12Cl3NO2/c1-9-6-10(16)3-5-13(9)19-15(20)8-21-14-7-11(17)2-4-12(14)18/h2-7H,8H2,1H3,(H,19,20). The monoisotopic (exact) mass is 343 g/mol. The molecule has 0 heterocycles. The molecule has 0 unspecified atom stereocenters. The first-order valence-corrected chi connectivity index (χ1v) is 7.23. The van der Waals surface area contributed by atoms with E-state index in [1.54, 1.807) is 36.4 Å². The lowest BCUT2D eigenvalue weighted by Crippen LogP contribution is -2.20. The Morgan fingerprint density at radius 2 is 1.76 bits per heavy atom. The SMILES string of the molecule is Cc1cc(Cl)ccc1NC(=O)COc1cc(Cl)ccc1Cl. The number of hydrogen-bond donors (Lipinski definition) is 1. The van der Waals surface area contributed by atoms with Gasteiger partial charge in [0.1, 0.15) is 5.75 Å². The Balaban J connectivity index is 1.97. The van der Waals surface area contributed by atoms with Crippen molar-refractivity contribution in [1.82, 2.24) is 0 Å². The molecule has 0 aliphatic carbocycles. The van der Waals surface area contributed by atoms with Gasteiger partial charge in [0.25, 0.3) is 5.91 Å². The molecule has 0 radical (unpaired) electrons. The highest BCUT2D eigenvalue weighted by Crippen LogP contribution is 2.27. The maximum Gasteiger partial charge on any atom is 0.262 e. The van der Waals surface area contributed by atoms with Gasteiger partial charge in [-0.15, -0.1) is 0 Å². The molecule has 1 amide bonds. The minimum atomic E-state index is -0.295. The van der Waals surface area contributed by atoms with Crippen LogP contribution in [0.15, 0.2) is 36.4 Å². The molecule has 2 aromatic rings. The third kappa shape index (κ3) is 4.53. The summed E-state index contributed by atoms with van der Waals surface area (Å²) in [5.41, 5.74) is 1.56. The number of anilines is 1. The lowest BCUT2D eigenvalue weighted by atomic mass is 10.2. The summed E-state index contributed by atoms with van der Waals surface area (Å²) in [6, 6.07) is 10.0. The zero-order valence-electron chi connectivity index (χ0n) is 11.1. The number of nitrogens with one attached hydrogen (secondary N) is 1. The molecular formula is C15H12Cl3NO2. The maximum atomic E-state index is 11.9. The Bertz CT molecular complexity index is 674. The summed E-state index contributed by atoms with van der Waals surface area (Å²) in [4.78, 5) is 11.9. The lowest BCUT2D eigenvalue weighted by molar-refractivity contribution is -0.118. The molecule has 0 saturated heterocycles. The molecule has 2 aromatic carbocycles. The van der Waals surface area contributed by atoms with Crippen LogP contribution in [0.1, 0.15) is 5.56 Å². The summed E-state index contributed by atoms with van der Waals surface area (Å²) in [6.45, 7) is 1.69. The van der Waals surface area contributed by atoms with Gasteiger partial charge in [-0.05, 0) is 42.8 Å². The Labute approximate surface area is 137 Å². The Morgan fingerprint density at radius 1 is 1.10 bits per heavy atom. The fourth-order valence-electron chi connectivity index (χ4n) is 1.68. The van der Waals surface area contributed by atoms with Crippen LogP contribution in [0.3, 0.4) is 0 Å². The van der Waals surface area contributed by atoms with Crippen molar-refractivity contribution in [3.05, 3.63) is 57.0 Å². The molecule has 2 rings (SSSR count). The van der Waals surface area contributed by atoms with Crippen LogP contribution in [0.4, 0.5) is 5.69 Å². The van der Waals surface area contributed by atoms with Crippen LogP contribution >= 0.6 is 34.8 Å². The third-order valence-electron chi connectivity index (χ3n) is 2.71. The minimum absolute atomic E-state index is 0.165. The summed E-state index contributed by atoms with van der Waals surface area (Å²) >= 11 is 17.7. The van der Waals surface area contributed by atoms with Crippen molar-refractivity contribution in [2.24, 2.45) is 0 Å². The molecule has 1 N–H and O–H groups in total. The highest BCUT2D eigenvalue weighted by atomic mass is 35.5. The topological polar surface area (TPSA) is 38.3 Å². The fourth-order valence-corrected chi connectivity index (χ4v) is 2.25. The number of benzene rings is 2. The molecule has 0 spiro atoms. The van der Waals surface area contributed by atoms with Gasteiger partial charge >= 0.3 is 0 Å². The molecule has 0 atom stereocenters. The van der Waals surface area contributed by atoms with Crippen LogP contribution in [0.5, 0.6) is 5.75 Å². The van der Waals surface area contributed by atoms with Crippen molar-refractivity contribution in [1.29, 1.82) is 0 Å². The number of ether oxygens (including phenoxy) is 1. The van der Waals surface area contributed by atoms with Gasteiger partial charge in [-0.1, -0.05) is 34.8 Å². The first-order chi connectivity index (χ1) is 9.95. The summed E-state index contributed by atoms with van der Waals surface area (Å²) in [5, 5.41) is 4.25. The number of carbonyl (C=O) groups excluding carboxylic acids is 1. The van der Waals surface area contributed by atoms with Crippen molar-refractivity contribution in [2.45, 2.75) is 6.92 Å². The van der Waals surface area contributed by atoms with E-state index < -0.39 is 0 Å². The number of hydrogen-bond acceptors (Lipinski definition) is 2.